The highest BCUT2D eigenvalue weighted by Crippen LogP contribution is 2.29. The second kappa shape index (κ2) is 6.49. The largest absolute Gasteiger partial charge is 0.470 e. The molecule has 5 rings (SSSR count). The molecule has 0 saturated heterocycles. The number of fused-ring (bicyclic) bond motifs is 3. The van der Waals surface area contributed by atoms with E-state index in [1.54, 1.807) is 10.7 Å². The minimum Gasteiger partial charge on any atom is -0.470 e. The van der Waals surface area contributed by atoms with E-state index in [2.05, 4.69) is 15.2 Å². The van der Waals surface area contributed by atoms with Crippen LogP contribution in [0.15, 0.2) is 79.0 Å². The van der Waals surface area contributed by atoms with Crippen molar-refractivity contribution in [2.45, 2.75) is 6.61 Å². The van der Waals surface area contributed by atoms with E-state index in [1.807, 2.05) is 72.8 Å². The number of hydrogen-bond acceptors (Lipinski definition) is 5. The van der Waals surface area contributed by atoms with E-state index in [0.717, 1.165) is 22.0 Å². The number of nitrogens with zero attached hydrogens (tertiary/aromatic N) is 5. The third-order valence-corrected chi connectivity index (χ3v) is 4.34. The molecule has 0 amide bonds. The molecule has 0 saturated carbocycles. The van der Waals surface area contributed by atoms with Gasteiger partial charge in [-0.2, -0.15) is 4.52 Å². The summed E-state index contributed by atoms with van der Waals surface area (Å²) >= 11 is 0. The molecule has 0 radical (unpaired) electrons. The van der Waals surface area contributed by atoms with Gasteiger partial charge in [-0.3, -0.25) is 4.98 Å². The molecule has 0 bridgehead atoms. The first-order chi connectivity index (χ1) is 13.4. The number of aromatic nitrogens is 5. The third-order valence-electron chi connectivity index (χ3n) is 4.34. The van der Waals surface area contributed by atoms with Gasteiger partial charge < -0.3 is 4.74 Å². The molecule has 3 aromatic heterocycles. The molecule has 6 nitrogen and oxygen atoms in total. The molecule has 3 heterocycles. The van der Waals surface area contributed by atoms with Gasteiger partial charge in [0, 0.05) is 22.5 Å². The zero-order valence-corrected chi connectivity index (χ0v) is 14.4. The Balaban J connectivity index is 1.66. The van der Waals surface area contributed by atoms with Crippen molar-refractivity contribution < 1.29 is 4.74 Å². The summed E-state index contributed by atoms with van der Waals surface area (Å²) in [6, 6.07) is 23.5. The van der Waals surface area contributed by atoms with Crippen LogP contribution < -0.4 is 4.74 Å². The zero-order chi connectivity index (χ0) is 18.1. The van der Waals surface area contributed by atoms with E-state index >= 15 is 0 Å². The van der Waals surface area contributed by atoms with Crippen LogP contribution in [0.25, 0.3) is 27.8 Å². The van der Waals surface area contributed by atoms with Crippen LogP contribution in [-0.2, 0) is 6.61 Å². The number of hydrogen-bond donors (Lipinski definition) is 0. The lowest BCUT2D eigenvalue weighted by molar-refractivity contribution is 0.289. The van der Waals surface area contributed by atoms with Crippen molar-refractivity contribution in [2.24, 2.45) is 0 Å². The van der Waals surface area contributed by atoms with E-state index in [0.29, 0.717) is 24.0 Å². The Morgan fingerprint density at radius 1 is 0.778 bits per heavy atom. The maximum atomic E-state index is 6.02. The second-order valence-electron chi connectivity index (χ2n) is 6.09. The standard InChI is InChI=1S/C21H15N5O/c1-2-8-15(9-3-1)19-23-24-20-17-11-4-5-12-18(17)21(25-26(19)20)27-14-16-10-6-7-13-22-16/h1-13H,14H2. The van der Waals surface area contributed by atoms with Gasteiger partial charge in [0.2, 0.25) is 5.88 Å². The molecule has 6 heteroatoms. The van der Waals surface area contributed by atoms with Gasteiger partial charge >= 0.3 is 0 Å². The monoisotopic (exact) mass is 353 g/mol. The maximum absolute atomic E-state index is 6.02. The predicted molar refractivity (Wildman–Crippen MR) is 102 cm³/mol. The number of benzene rings is 2. The second-order valence-corrected chi connectivity index (χ2v) is 6.09. The van der Waals surface area contributed by atoms with Crippen LogP contribution in [0.5, 0.6) is 5.88 Å². The quantitative estimate of drug-likeness (QED) is 0.490. The van der Waals surface area contributed by atoms with Gasteiger partial charge in [-0.15, -0.1) is 15.3 Å². The summed E-state index contributed by atoms with van der Waals surface area (Å²) in [5.74, 6) is 1.21. The van der Waals surface area contributed by atoms with Gasteiger partial charge in [0.25, 0.3) is 0 Å². The maximum Gasteiger partial charge on any atom is 0.240 e. The lowest BCUT2D eigenvalue weighted by Crippen LogP contribution is -2.04. The molecule has 5 aromatic rings. The summed E-state index contributed by atoms with van der Waals surface area (Å²) in [5, 5.41) is 15.3. The molecule has 130 valence electrons. The average Bonchev–Trinajstić information content (AvgIpc) is 3.17. The molecular weight excluding hydrogens is 338 g/mol. The minimum absolute atomic E-state index is 0.339. The first-order valence-electron chi connectivity index (χ1n) is 8.62. The van der Waals surface area contributed by atoms with E-state index < -0.39 is 0 Å². The van der Waals surface area contributed by atoms with Crippen molar-refractivity contribution in [3.05, 3.63) is 84.7 Å². The molecule has 0 fully saturated rings. The van der Waals surface area contributed by atoms with Crippen molar-refractivity contribution >= 4 is 16.4 Å². The van der Waals surface area contributed by atoms with Crippen LogP contribution in [0.4, 0.5) is 0 Å². The summed E-state index contributed by atoms with van der Waals surface area (Å²) in [5.41, 5.74) is 2.49. The molecule has 0 aliphatic rings. The average molecular weight is 353 g/mol. The van der Waals surface area contributed by atoms with Gasteiger partial charge in [0.05, 0.1) is 5.69 Å². The topological polar surface area (TPSA) is 65.2 Å². The molecule has 0 N–H and O–H groups in total. The van der Waals surface area contributed by atoms with Crippen molar-refractivity contribution in [1.29, 1.82) is 0 Å². The lowest BCUT2D eigenvalue weighted by atomic mass is 10.2. The van der Waals surface area contributed by atoms with Gasteiger partial charge in [-0.05, 0) is 18.2 Å². The van der Waals surface area contributed by atoms with E-state index in [9.17, 15) is 0 Å². The Morgan fingerprint density at radius 2 is 1.56 bits per heavy atom. The fourth-order valence-electron chi connectivity index (χ4n) is 3.05. The first kappa shape index (κ1) is 15.5. The SMILES string of the molecule is c1ccc(-c2nnc3c4ccccc4c(OCc4ccccn4)nn23)cc1. The van der Waals surface area contributed by atoms with Crippen LogP contribution >= 0.6 is 0 Å². The summed E-state index contributed by atoms with van der Waals surface area (Å²) in [6.07, 6.45) is 1.75. The summed E-state index contributed by atoms with van der Waals surface area (Å²) in [6.45, 7) is 0.339. The molecule has 0 unspecified atom stereocenters. The number of pyridine rings is 1. The van der Waals surface area contributed by atoms with Gasteiger partial charge in [0.15, 0.2) is 11.5 Å². The highest BCUT2D eigenvalue weighted by Gasteiger charge is 2.16. The number of rotatable bonds is 4. The molecule has 2 aromatic carbocycles. The Kier molecular flexibility index (Phi) is 3.72. The highest BCUT2D eigenvalue weighted by molar-refractivity contribution is 5.97. The van der Waals surface area contributed by atoms with E-state index in [1.165, 1.54) is 0 Å². The molecule has 0 aliphatic carbocycles. The van der Waals surface area contributed by atoms with Gasteiger partial charge in [0.1, 0.15) is 6.61 Å². The molecule has 27 heavy (non-hydrogen) atoms. The van der Waals surface area contributed by atoms with Crippen LogP contribution in [0.3, 0.4) is 0 Å². The smallest absolute Gasteiger partial charge is 0.240 e. The summed E-state index contributed by atoms with van der Waals surface area (Å²) < 4.78 is 7.77. The Morgan fingerprint density at radius 3 is 2.37 bits per heavy atom. The Hall–Kier alpha value is -3.80. The predicted octanol–water partition coefficient (Wildman–Crippen LogP) is 3.92. The molecular formula is C21H15N5O. The molecule has 0 atom stereocenters. The van der Waals surface area contributed by atoms with Crippen LogP contribution in [0.2, 0.25) is 0 Å². The van der Waals surface area contributed by atoms with Crippen molar-refractivity contribution in [2.75, 3.05) is 0 Å². The molecule has 0 spiro atoms. The summed E-state index contributed by atoms with van der Waals surface area (Å²) in [4.78, 5) is 4.31. The normalized spacial score (nSPS) is 11.1. The van der Waals surface area contributed by atoms with Gasteiger partial charge in [-0.1, -0.05) is 54.6 Å². The van der Waals surface area contributed by atoms with Crippen molar-refractivity contribution in [3.8, 4) is 17.3 Å². The zero-order valence-electron chi connectivity index (χ0n) is 14.4. The van der Waals surface area contributed by atoms with Crippen molar-refractivity contribution in [1.82, 2.24) is 24.8 Å². The first-order valence-corrected chi connectivity index (χ1v) is 8.62. The highest BCUT2D eigenvalue weighted by atomic mass is 16.5. The van der Waals surface area contributed by atoms with E-state index in [-0.39, 0.29) is 0 Å². The number of ether oxygens (including phenoxy) is 1. The van der Waals surface area contributed by atoms with Gasteiger partial charge in [-0.25, -0.2) is 0 Å². The van der Waals surface area contributed by atoms with Crippen LogP contribution in [-0.4, -0.2) is 24.8 Å². The lowest BCUT2D eigenvalue weighted by Gasteiger charge is -2.09. The fraction of sp³-hybridized carbons (Fsp3) is 0.0476. The van der Waals surface area contributed by atoms with Crippen LogP contribution in [0.1, 0.15) is 5.69 Å². The van der Waals surface area contributed by atoms with E-state index in [4.69, 9.17) is 9.84 Å². The minimum atomic E-state index is 0.339. The molecule has 0 aliphatic heterocycles. The van der Waals surface area contributed by atoms with Crippen molar-refractivity contribution in [3.63, 3.8) is 0 Å². The Bertz CT molecular complexity index is 1220. The fourth-order valence-corrected chi connectivity index (χ4v) is 3.05. The Labute approximate surface area is 155 Å². The summed E-state index contributed by atoms with van der Waals surface area (Å²) in [7, 11) is 0. The third kappa shape index (κ3) is 2.77. The van der Waals surface area contributed by atoms with Crippen LogP contribution in [0, 0.1) is 0 Å².